The summed E-state index contributed by atoms with van der Waals surface area (Å²) in [5, 5.41) is 9.10. The summed E-state index contributed by atoms with van der Waals surface area (Å²) < 4.78 is 32.0. The molecule has 4 nitrogen and oxygen atoms in total. The number of hydrogen-bond acceptors (Lipinski definition) is 3. The van der Waals surface area contributed by atoms with Gasteiger partial charge in [0.1, 0.15) is 5.76 Å². The number of β-lactam (4-membered cyclic amide) rings is 1. The molecule has 0 unspecified atom stereocenters. The molecule has 0 saturated carbocycles. The summed E-state index contributed by atoms with van der Waals surface area (Å²) in [4.78, 5) is 12.4. The second kappa shape index (κ2) is 4.10. The number of likely N-dealkylation sites (tertiary alicyclic amines) is 1. The Labute approximate surface area is 96.8 Å². The molecule has 1 aromatic rings. The Kier molecular flexibility index (Phi) is 2.91. The Hall–Kier alpha value is -1.43. The number of carbonyl (C=O) groups excluding carboxylic acids is 1. The van der Waals surface area contributed by atoms with Crippen molar-refractivity contribution in [2.75, 3.05) is 6.61 Å². The smallest absolute Gasteiger partial charge is 0.351 e. The summed E-state index contributed by atoms with van der Waals surface area (Å²) in [6, 6.07) is 0.897. The van der Waals surface area contributed by atoms with Crippen molar-refractivity contribution < 1.29 is 23.1 Å². The maximum absolute atomic E-state index is 13.5. The van der Waals surface area contributed by atoms with Crippen LogP contribution in [-0.2, 0) is 4.79 Å². The van der Waals surface area contributed by atoms with E-state index in [1.54, 1.807) is 6.92 Å². The van der Waals surface area contributed by atoms with Crippen LogP contribution in [0.4, 0.5) is 8.78 Å². The van der Waals surface area contributed by atoms with Crippen molar-refractivity contribution in [2.24, 2.45) is 0 Å². The van der Waals surface area contributed by atoms with Gasteiger partial charge in [-0.3, -0.25) is 4.79 Å². The second-order valence-electron chi connectivity index (χ2n) is 4.00. The molecule has 0 aromatic carbocycles. The van der Waals surface area contributed by atoms with E-state index in [4.69, 9.17) is 9.52 Å². The summed E-state index contributed by atoms with van der Waals surface area (Å²) in [7, 11) is 0. The van der Waals surface area contributed by atoms with E-state index in [0.717, 1.165) is 4.90 Å². The first-order valence-electron chi connectivity index (χ1n) is 5.38. The van der Waals surface area contributed by atoms with Gasteiger partial charge >= 0.3 is 5.92 Å². The molecule has 1 saturated heterocycles. The summed E-state index contributed by atoms with van der Waals surface area (Å²) >= 11 is 0. The fraction of sp³-hybridized carbons (Fsp3) is 0.545. The van der Waals surface area contributed by atoms with Crippen LogP contribution < -0.4 is 0 Å². The van der Waals surface area contributed by atoms with E-state index in [-0.39, 0.29) is 12.4 Å². The maximum atomic E-state index is 13.5. The zero-order valence-corrected chi connectivity index (χ0v) is 9.27. The minimum atomic E-state index is -3.44. The van der Waals surface area contributed by atoms with Crippen LogP contribution in [-0.4, -0.2) is 34.5 Å². The Balaban J connectivity index is 2.30. The van der Waals surface area contributed by atoms with E-state index in [2.05, 4.69) is 0 Å². The number of nitrogens with zero attached hydrogens (tertiary/aromatic N) is 1. The van der Waals surface area contributed by atoms with Crippen LogP contribution in [0.2, 0.25) is 0 Å². The quantitative estimate of drug-likeness (QED) is 0.819. The molecule has 1 aliphatic heterocycles. The lowest BCUT2D eigenvalue weighted by molar-refractivity contribution is -0.217. The SMILES string of the molecule is CC[C@H](CO)N1C(=O)C(F)(F)[C@@H]1c1ccco1. The van der Waals surface area contributed by atoms with Crippen molar-refractivity contribution in [1.82, 2.24) is 4.90 Å². The van der Waals surface area contributed by atoms with Crippen molar-refractivity contribution in [3.63, 3.8) is 0 Å². The molecule has 2 heterocycles. The monoisotopic (exact) mass is 245 g/mol. The molecule has 2 atom stereocenters. The molecule has 1 aromatic heterocycles. The Morgan fingerprint density at radius 2 is 2.35 bits per heavy atom. The number of rotatable bonds is 4. The predicted molar refractivity (Wildman–Crippen MR) is 54.4 cm³/mol. The Bertz CT molecular complexity index is 401. The fourth-order valence-corrected chi connectivity index (χ4v) is 2.07. The van der Waals surface area contributed by atoms with Gasteiger partial charge in [-0.2, -0.15) is 8.78 Å². The highest BCUT2D eigenvalue weighted by Gasteiger charge is 2.66. The summed E-state index contributed by atoms with van der Waals surface area (Å²) in [6.07, 6.45) is 1.70. The van der Waals surface area contributed by atoms with E-state index in [1.807, 2.05) is 0 Å². The third kappa shape index (κ3) is 1.63. The average molecular weight is 245 g/mol. The van der Waals surface area contributed by atoms with E-state index >= 15 is 0 Å². The van der Waals surface area contributed by atoms with Gasteiger partial charge in [0.15, 0.2) is 6.04 Å². The zero-order chi connectivity index (χ0) is 12.6. The van der Waals surface area contributed by atoms with E-state index in [0.29, 0.717) is 6.42 Å². The van der Waals surface area contributed by atoms with Gasteiger partial charge in [0, 0.05) is 0 Å². The van der Waals surface area contributed by atoms with E-state index in [9.17, 15) is 13.6 Å². The highest BCUT2D eigenvalue weighted by molar-refractivity contribution is 5.91. The number of halogens is 2. The van der Waals surface area contributed by atoms with Gasteiger partial charge in [0.25, 0.3) is 5.91 Å². The van der Waals surface area contributed by atoms with Crippen LogP contribution >= 0.6 is 0 Å². The summed E-state index contributed by atoms with van der Waals surface area (Å²) in [5.74, 6) is -4.65. The summed E-state index contributed by atoms with van der Waals surface area (Å²) in [6.45, 7) is 1.39. The number of amides is 1. The molecule has 1 fully saturated rings. The van der Waals surface area contributed by atoms with Gasteiger partial charge < -0.3 is 14.4 Å². The van der Waals surface area contributed by atoms with Crippen LogP contribution in [0.1, 0.15) is 25.1 Å². The number of furan rings is 1. The van der Waals surface area contributed by atoms with Crippen molar-refractivity contribution in [2.45, 2.75) is 31.4 Å². The minimum Gasteiger partial charge on any atom is -0.467 e. The standard InChI is InChI=1S/C11H13F2NO3/c1-2-7(6-15)14-9(8-4-3-5-17-8)11(12,13)10(14)16/h3-5,7,9,15H,2,6H2,1H3/t7-,9+/m1/s1. The van der Waals surface area contributed by atoms with Crippen molar-refractivity contribution in [1.29, 1.82) is 0 Å². The molecule has 0 spiro atoms. The molecule has 2 rings (SSSR count). The average Bonchev–Trinajstić information content (AvgIpc) is 2.81. The van der Waals surface area contributed by atoms with E-state index in [1.165, 1.54) is 18.4 Å². The lowest BCUT2D eigenvalue weighted by atomic mass is 9.91. The van der Waals surface area contributed by atoms with Crippen LogP contribution in [0.25, 0.3) is 0 Å². The van der Waals surface area contributed by atoms with Gasteiger partial charge in [-0.15, -0.1) is 0 Å². The molecular weight excluding hydrogens is 232 g/mol. The topological polar surface area (TPSA) is 53.7 Å². The van der Waals surface area contributed by atoms with Crippen molar-refractivity contribution in [3.05, 3.63) is 24.2 Å². The van der Waals surface area contributed by atoms with Gasteiger partial charge in [-0.25, -0.2) is 0 Å². The molecular formula is C11H13F2NO3. The van der Waals surface area contributed by atoms with Crippen LogP contribution in [0.15, 0.2) is 22.8 Å². The minimum absolute atomic E-state index is 0.0431. The predicted octanol–water partition coefficient (Wildman–Crippen LogP) is 1.57. The Morgan fingerprint density at radius 3 is 2.82 bits per heavy atom. The number of aliphatic hydroxyl groups is 1. The van der Waals surface area contributed by atoms with Crippen LogP contribution in [0.3, 0.4) is 0 Å². The molecule has 0 aliphatic carbocycles. The third-order valence-electron chi connectivity index (χ3n) is 3.03. The molecule has 1 N–H and O–H groups in total. The maximum Gasteiger partial charge on any atom is 0.351 e. The van der Waals surface area contributed by atoms with Crippen molar-refractivity contribution >= 4 is 5.91 Å². The first kappa shape index (κ1) is 12.0. The molecule has 0 radical (unpaired) electrons. The second-order valence-corrected chi connectivity index (χ2v) is 4.00. The lowest BCUT2D eigenvalue weighted by Gasteiger charge is -2.48. The molecule has 1 amide bonds. The van der Waals surface area contributed by atoms with Gasteiger partial charge in [-0.05, 0) is 18.6 Å². The summed E-state index contributed by atoms with van der Waals surface area (Å²) in [5.41, 5.74) is 0. The van der Waals surface area contributed by atoms with Crippen LogP contribution in [0, 0.1) is 0 Å². The van der Waals surface area contributed by atoms with Gasteiger partial charge in [-0.1, -0.05) is 6.92 Å². The molecule has 6 heteroatoms. The molecule has 94 valence electrons. The lowest BCUT2D eigenvalue weighted by Crippen LogP contribution is -2.67. The number of carbonyl (C=O) groups is 1. The first-order chi connectivity index (χ1) is 8.04. The zero-order valence-electron chi connectivity index (χ0n) is 9.27. The highest BCUT2D eigenvalue weighted by Crippen LogP contribution is 2.48. The number of hydrogen-bond donors (Lipinski definition) is 1. The number of alkyl halides is 2. The molecule has 17 heavy (non-hydrogen) atoms. The molecule has 0 bridgehead atoms. The van der Waals surface area contributed by atoms with E-state index < -0.39 is 23.9 Å². The third-order valence-corrected chi connectivity index (χ3v) is 3.03. The first-order valence-corrected chi connectivity index (χ1v) is 5.38. The van der Waals surface area contributed by atoms with Crippen LogP contribution in [0.5, 0.6) is 0 Å². The normalized spacial score (nSPS) is 24.6. The Morgan fingerprint density at radius 1 is 1.65 bits per heavy atom. The van der Waals surface area contributed by atoms with Gasteiger partial charge in [0.05, 0.1) is 18.9 Å². The van der Waals surface area contributed by atoms with Gasteiger partial charge in [0.2, 0.25) is 0 Å². The molecule has 1 aliphatic rings. The number of aliphatic hydroxyl groups excluding tert-OH is 1. The van der Waals surface area contributed by atoms with Crippen molar-refractivity contribution in [3.8, 4) is 0 Å². The largest absolute Gasteiger partial charge is 0.467 e. The highest BCUT2D eigenvalue weighted by atomic mass is 19.3. The fourth-order valence-electron chi connectivity index (χ4n) is 2.07.